The van der Waals surface area contributed by atoms with Crippen molar-refractivity contribution < 1.29 is 0 Å². The van der Waals surface area contributed by atoms with Crippen LogP contribution in [0.5, 0.6) is 0 Å². The quantitative estimate of drug-likeness (QED) is 0.705. The summed E-state index contributed by atoms with van der Waals surface area (Å²) in [6.45, 7) is 8.18. The molecule has 0 saturated carbocycles. The van der Waals surface area contributed by atoms with Gasteiger partial charge in [0.1, 0.15) is 0 Å². The van der Waals surface area contributed by atoms with E-state index >= 15 is 0 Å². The van der Waals surface area contributed by atoms with Crippen molar-refractivity contribution in [2.24, 2.45) is 5.73 Å². The third-order valence-electron chi connectivity index (χ3n) is 2.25. The van der Waals surface area contributed by atoms with Gasteiger partial charge in [0, 0.05) is 6.54 Å². The summed E-state index contributed by atoms with van der Waals surface area (Å²) in [5.74, 6) is 0. The topological polar surface area (TPSA) is 26.0 Å². The number of nitrogens with two attached hydrogens (primary N) is 1. The Kier molecular flexibility index (Phi) is 4.14. The van der Waals surface area contributed by atoms with Crippen LogP contribution in [-0.2, 0) is 13.0 Å². The first-order valence-corrected chi connectivity index (χ1v) is 4.84. The molecule has 0 bridgehead atoms. The molecule has 0 radical (unpaired) electrons. The fourth-order valence-electron chi connectivity index (χ4n) is 1.32. The van der Waals surface area contributed by atoms with Crippen molar-refractivity contribution in [1.82, 2.24) is 0 Å². The minimum atomic E-state index is 0.607. The van der Waals surface area contributed by atoms with Crippen molar-refractivity contribution in [3.63, 3.8) is 0 Å². The molecule has 74 valence electrons. The molecule has 1 aromatic rings. The lowest BCUT2D eigenvalue weighted by atomic mass is 10.0. The predicted molar refractivity (Wildman–Crippen MR) is 62.0 cm³/mol. The molecule has 0 aromatic heterocycles. The van der Waals surface area contributed by atoms with Crippen LogP contribution >= 0.6 is 0 Å². The number of hydrogen-bond donors (Lipinski definition) is 1. The van der Waals surface area contributed by atoms with Crippen molar-refractivity contribution in [3.8, 4) is 0 Å². The highest BCUT2D eigenvalue weighted by molar-refractivity contribution is 5.24. The molecule has 1 nitrogen and oxygen atoms in total. The van der Waals surface area contributed by atoms with Crippen molar-refractivity contribution in [2.45, 2.75) is 19.4 Å². The van der Waals surface area contributed by atoms with Crippen molar-refractivity contribution in [1.29, 1.82) is 0 Å². The van der Waals surface area contributed by atoms with Crippen LogP contribution in [0.15, 0.2) is 49.1 Å². The van der Waals surface area contributed by atoms with Gasteiger partial charge in [0.25, 0.3) is 0 Å². The summed E-state index contributed by atoms with van der Waals surface area (Å²) >= 11 is 0. The zero-order valence-corrected chi connectivity index (χ0v) is 8.50. The Hall–Kier alpha value is -1.34. The molecule has 0 heterocycles. The second kappa shape index (κ2) is 5.40. The third kappa shape index (κ3) is 3.19. The molecular weight excluding hydrogens is 170 g/mol. The molecular formula is C13H17N. The van der Waals surface area contributed by atoms with Crippen molar-refractivity contribution in [3.05, 3.63) is 60.2 Å². The van der Waals surface area contributed by atoms with Gasteiger partial charge in [-0.15, -0.1) is 0 Å². The number of aryl methyl sites for hydroxylation is 1. The van der Waals surface area contributed by atoms with E-state index in [0.29, 0.717) is 6.54 Å². The Morgan fingerprint density at radius 2 is 2.07 bits per heavy atom. The van der Waals surface area contributed by atoms with E-state index in [1.165, 1.54) is 11.1 Å². The smallest absolute Gasteiger partial charge is 0.0178 e. The highest BCUT2D eigenvalue weighted by Gasteiger charge is 1.95. The molecule has 0 amide bonds. The van der Waals surface area contributed by atoms with E-state index in [4.69, 9.17) is 5.73 Å². The molecule has 0 aliphatic carbocycles. The Bertz CT molecular complexity index is 326. The van der Waals surface area contributed by atoms with E-state index in [1.54, 1.807) is 0 Å². The van der Waals surface area contributed by atoms with Gasteiger partial charge in [-0.2, -0.15) is 0 Å². The lowest BCUT2D eigenvalue weighted by Gasteiger charge is -2.03. The van der Waals surface area contributed by atoms with Gasteiger partial charge in [0.05, 0.1) is 0 Å². The maximum Gasteiger partial charge on any atom is 0.0178 e. The molecule has 0 spiro atoms. The summed E-state index contributed by atoms with van der Waals surface area (Å²) in [4.78, 5) is 0. The van der Waals surface area contributed by atoms with Gasteiger partial charge in [0.2, 0.25) is 0 Å². The second-order valence-electron chi connectivity index (χ2n) is 3.39. The van der Waals surface area contributed by atoms with Crippen LogP contribution in [0.4, 0.5) is 0 Å². The summed E-state index contributed by atoms with van der Waals surface area (Å²) in [5, 5.41) is 0. The van der Waals surface area contributed by atoms with Crippen molar-refractivity contribution in [2.75, 3.05) is 0 Å². The SMILES string of the molecule is C=CC(=C)CCc1cccc(CN)c1. The molecule has 14 heavy (non-hydrogen) atoms. The van der Waals surface area contributed by atoms with Crippen LogP contribution in [0.2, 0.25) is 0 Å². The molecule has 0 saturated heterocycles. The normalized spacial score (nSPS) is 9.79. The molecule has 1 aromatic carbocycles. The van der Waals surface area contributed by atoms with Crippen LogP contribution in [0, 0.1) is 0 Å². The molecule has 0 aliphatic rings. The first-order chi connectivity index (χ1) is 6.76. The van der Waals surface area contributed by atoms with E-state index in [2.05, 4.69) is 25.3 Å². The summed E-state index contributed by atoms with van der Waals surface area (Å²) in [6, 6.07) is 8.37. The third-order valence-corrected chi connectivity index (χ3v) is 2.25. The van der Waals surface area contributed by atoms with Gasteiger partial charge < -0.3 is 5.73 Å². The van der Waals surface area contributed by atoms with E-state index < -0.39 is 0 Å². The van der Waals surface area contributed by atoms with Gasteiger partial charge in [-0.25, -0.2) is 0 Å². The Labute approximate surface area is 85.9 Å². The fraction of sp³-hybridized carbons (Fsp3) is 0.231. The van der Waals surface area contributed by atoms with Crippen molar-refractivity contribution >= 4 is 0 Å². The maximum atomic E-state index is 5.57. The monoisotopic (exact) mass is 187 g/mol. The van der Waals surface area contributed by atoms with Crippen LogP contribution in [0.3, 0.4) is 0 Å². The highest BCUT2D eigenvalue weighted by atomic mass is 14.5. The maximum absolute atomic E-state index is 5.57. The highest BCUT2D eigenvalue weighted by Crippen LogP contribution is 2.10. The van der Waals surface area contributed by atoms with Gasteiger partial charge in [-0.05, 0) is 24.0 Å². The van der Waals surface area contributed by atoms with E-state index in [0.717, 1.165) is 18.4 Å². The second-order valence-corrected chi connectivity index (χ2v) is 3.39. The minimum absolute atomic E-state index is 0.607. The molecule has 1 rings (SSSR count). The van der Waals surface area contributed by atoms with Crippen LogP contribution in [0.1, 0.15) is 17.5 Å². The summed E-state index contributed by atoms with van der Waals surface area (Å²) < 4.78 is 0. The summed E-state index contributed by atoms with van der Waals surface area (Å²) in [5.41, 5.74) is 9.16. The fourth-order valence-corrected chi connectivity index (χ4v) is 1.32. The first-order valence-electron chi connectivity index (χ1n) is 4.84. The minimum Gasteiger partial charge on any atom is -0.326 e. The van der Waals surface area contributed by atoms with E-state index in [1.807, 2.05) is 18.2 Å². The van der Waals surface area contributed by atoms with Crippen LogP contribution in [0.25, 0.3) is 0 Å². The predicted octanol–water partition coefficient (Wildman–Crippen LogP) is 2.82. The zero-order valence-electron chi connectivity index (χ0n) is 8.50. The Balaban J connectivity index is 2.58. The molecule has 1 heteroatoms. The number of benzene rings is 1. The average Bonchev–Trinajstić information content (AvgIpc) is 2.26. The largest absolute Gasteiger partial charge is 0.326 e. The van der Waals surface area contributed by atoms with E-state index in [-0.39, 0.29) is 0 Å². The average molecular weight is 187 g/mol. The molecule has 0 unspecified atom stereocenters. The van der Waals surface area contributed by atoms with Crippen LogP contribution in [-0.4, -0.2) is 0 Å². The summed E-state index contributed by atoms with van der Waals surface area (Å²) in [7, 11) is 0. The molecule has 0 aliphatic heterocycles. The lowest BCUT2D eigenvalue weighted by Crippen LogP contribution is -1.97. The van der Waals surface area contributed by atoms with Crippen LogP contribution < -0.4 is 5.73 Å². The molecule has 2 N–H and O–H groups in total. The zero-order chi connectivity index (χ0) is 10.4. The number of rotatable bonds is 5. The van der Waals surface area contributed by atoms with Gasteiger partial charge in [-0.3, -0.25) is 0 Å². The van der Waals surface area contributed by atoms with Gasteiger partial charge in [0.15, 0.2) is 0 Å². The van der Waals surface area contributed by atoms with E-state index in [9.17, 15) is 0 Å². The standard InChI is InChI=1S/C13H17N/c1-3-11(2)7-8-12-5-4-6-13(9-12)10-14/h3-6,9H,1-2,7-8,10,14H2. The van der Waals surface area contributed by atoms with Gasteiger partial charge >= 0.3 is 0 Å². The molecule has 0 atom stereocenters. The summed E-state index contributed by atoms with van der Waals surface area (Å²) in [6.07, 6.45) is 3.79. The number of hydrogen-bond acceptors (Lipinski definition) is 1. The first kappa shape index (κ1) is 10.7. The lowest BCUT2D eigenvalue weighted by molar-refractivity contribution is 0.959. The number of allylic oxidation sites excluding steroid dienone is 2. The Morgan fingerprint density at radius 1 is 1.36 bits per heavy atom. The Morgan fingerprint density at radius 3 is 2.71 bits per heavy atom. The molecule has 0 fully saturated rings. The van der Waals surface area contributed by atoms with Gasteiger partial charge in [-0.1, -0.05) is 49.1 Å².